The standard InChI is InChI=1S/C16H22O2/c1-16(2)10-13(9-14(17)11-16)8-12-4-6-15(18-3)7-5-12/h4-7,13H,8-11H2,1-3H3. The minimum atomic E-state index is 0.173. The first-order chi connectivity index (χ1) is 8.48. The van der Waals surface area contributed by atoms with Crippen LogP contribution in [0.1, 0.15) is 38.7 Å². The lowest BCUT2D eigenvalue weighted by molar-refractivity contribution is -0.124. The molecule has 2 nitrogen and oxygen atoms in total. The maximum atomic E-state index is 11.8. The molecule has 1 unspecified atom stereocenters. The minimum absolute atomic E-state index is 0.173. The van der Waals surface area contributed by atoms with Gasteiger partial charge in [0, 0.05) is 12.8 Å². The Morgan fingerprint density at radius 3 is 2.50 bits per heavy atom. The number of hydrogen-bond donors (Lipinski definition) is 0. The largest absolute Gasteiger partial charge is 0.497 e. The molecule has 1 aromatic rings. The van der Waals surface area contributed by atoms with Gasteiger partial charge in [-0.15, -0.1) is 0 Å². The average Bonchev–Trinajstić information content (AvgIpc) is 2.27. The Labute approximate surface area is 109 Å². The van der Waals surface area contributed by atoms with Crippen LogP contribution in [0.3, 0.4) is 0 Å². The van der Waals surface area contributed by atoms with Gasteiger partial charge in [0.05, 0.1) is 7.11 Å². The molecule has 0 radical (unpaired) electrons. The highest BCUT2D eigenvalue weighted by atomic mass is 16.5. The van der Waals surface area contributed by atoms with Crippen molar-refractivity contribution < 1.29 is 9.53 Å². The fraction of sp³-hybridized carbons (Fsp3) is 0.562. The van der Waals surface area contributed by atoms with Crippen molar-refractivity contribution in [1.82, 2.24) is 0 Å². The van der Waals surface area contributed by atoms with Gasteiger partial charge in [-0.3, -0.25) is 4.79 Å². The van der Waals surface area contributed by atoms with E-state index in [1.807, 2.05) is 12.1 Å². The molecule has 1 atom stereocenters. The second kappa shape index (κ2) is 5.13. The number of methoxy groups -OCH3 is 1. The first-order valence-corrected chi connectivity index (χ1v) is 6.63. The molecule has 0 heterocycles. The molecule has 1 aromatic carbocycles. The predicted molar refractivity (Wildman–Crippen MR) is 72.8 cm³/mol. The summed E-state index contributed by atoms with van der Waals surface area (Å²) < 4.78 is 5.16. The molecule has 0 spiro atoms. The first-order valence-electron chi connectivity index (χ1n) is 6.63. The van der Waals surface area contributed by atoms with Crippen LogP contribution in [-0.2, 0) is 11.2 Å². The molecule has 1 aliphatic rings. The van der Waals surface area contributed by atoms with Gasteiger partial charge in [-0.2, -0.15) is 0 Å². The van der Waals surface area contributed by atoms with Crippen molar-refractivity contribution in [3.8, 4) is 5.75 Å². The van der Waals surface area contributed by atoms with Crippen LogP contribution in [0.25, 0.3) is 0 Å². The molecule has 98 valence electrons. The van der Waals surface area contributed by atoms with Crippen LogP contribution in [0.4, 0.5) is 0 Å². The zero-order chi connectivity index (χ0) is 13.2. The third-order valence-electron chi connectivity index (χ3n) is 3.72. The summed E-state index contributed by atoms with van der Waals surface area (Å²) in [6.45, 7) is 4.40. The smallest absolute Gasteiger partial charge is 0.133 e. The number of hydrogen-bond acceptors (Lipinski definition) is 2. The average molecular weight is 246 g/mol. The second-order valence-electron chi connectivity index (χ2n) is 6.21. The molecule has 0 bridgehead atoms. The summed E-state index contributed by atoms with van der Waals surface area (Å²) in [5.74, 6) is 1.80. The summed E-state index contributed by atoms with van der Waals surface area (Å²) in [6, 6.07) is 8.19. The van der Waals surface area contributed by atoms with Gasteiger partial charge in [-0.25, -0.2) is 0 Å². The van der Waals surface area contributed by atoms with Crippen LogP contribution >= 0.6 is 0 Å². The van der Waals surface area contributed by atoms with E-state index in [2.05, 4.69) is 26.0 Å². The third-order valence-corrected chi connectivity index (χ3v) is 3.72. The van der Waals surface area contributed by atoms with Gasteiger partial charge in [0.15, 0.2) is 0 Å². The third kappa shape index (κ3) is 3.34. The molecular formula is C16H22O2. The van der Waals surface area contributed by atoms with Gasteiger partial charge in [0.1, 0.15) is 11.5 Å². The fourth-order valence-corrected chi connectivity index (χ4v) is 3.09. The molecule has 1 saturated carbocycles. The maximum Gasteiger partial charge on any atom is 0.133 e. The van der Waals surface area contributed by atoms with E-state index in [1.54, 1.807) is 7.11 Å². The highest BCUT2D eigenvalue weighted by Gasteiger charge is 2.32. The van der Waals surface area contributed by atoms with Crippen molar-refractivity contribution >= 4 is 5.78 Å². The van der Waals surface area contributed by atoms with Crippen molar-refractivity contribution in [2.24, 2.45) is 11.3 Å². The molecule has 18 heavy (non-hydrogen) atoms. The summed E-state index contributed by atoms with van der Waals surface area (Å²) in [5.41, 5.74) is 1.47. The number of benzene rings is 1. The zero-order valence-corrected chi connectivity index (χ0v) is 11.5. The molecule has 1 aliphatic carbocycles. The summed E-state index contributed by atoms with van der Waals surface area (Å²) >= 11 is 0. The monoisotopic (exact) mass is 246 g/mol. The normalized spacial score (nSPS) is 22.8. The molecule has 0 N–H and O–H groups in total. The molecule has 0 aromatic heterocycles. The van der Waals surface area contributed by atoms with Crippen molar-refractivity contribution in [2.45, 2.75) is 39.5 Å². The van der Waals surface area contributed by atoms with Crippen LogP contribution in [-0.4, -0.2) is 12.9 Å². The number of rotatable bonds is 3. The summed E-state index contributed by atoms with van der Waals surface area (Å²) in [7, 11) is 1.68. The van der Waals surface area contributed by atoms with Crippen LogP contribution in [0.15, 0.2) is 24.3 Å². The van der Waals surface area contributed by atoms with Crippen LogP contribution < -0.4 is 4.74 Å². The number of Topliss-reactive ketones (excluding diaryl/α,β-unsaturated/α-hetero) is 1. The number of ketones is 1. The SMILES string of the molecule is COc1ccc(CC2CC(=O)CC(C)(C)C2)cc1. The quantitative estimate of drug-likeness (QED) is 0.814. The molecule has 2 rings (SSSR count). The zero-order valence-electron chi connectivity index (χ0n) is 11.5. The van der Waals surface area contributed by atoms with E-state index < -0.39 is 0 Å². The predicted octanol–water partition coefficient (Wildman–Crippen LogP) is 3.63. The fourth-order valence-electron chi connectivity index (χ4n) is 3.09. The minimum Gasteiger partial charge on any atom is -0.497 e. The lowest BCUT2D eigenvalue weighted by Gasteiger charge is -2.34. The maximum absolute atomic E-state index is 11.8. The Bertz CT molecular complexity index is 417. The topological polar surface area (TPSA) is 26.3 Å². The van der Waals surface area contributed by atoms with Crippen molar-refractivity contribution in [1.29, 1.82) is 0 Å². The lowest BCUT2D eigenvalue weighted by atomic mass is 9.70. The Morgan fingerprint density at radius 1 is 1.28 bits per heavy atom. The van der Waals surface area contributed by atoms with E-state index in [-0.39, 0.29) is 5.41 Å². The van der Waals surface area contributed by atoms with Gasteiger partial charge in [0.25, 0.3) is 0 Å². The number of ether oxygens (including phenoxy) is 1. The van der Waals surface area contributed by atoms with Crippen LogP contribution in [0, 0.1) is 11.3 Å². The molecule has 0 saturated heterocycles. The van der Waals surface area contributed by atoms with Crippen LogP contribution in [0.5, 0.6) is 5.75 Å². The summed E-state index contributed by atoms with van der Waals surface area (Å²) in [6.07, 6.45) is 3.63. The molecule has 1 fully saturated rings. The number of carbonyl (C=O) groups is 1. The van der Waals surface area contributed by atoms with E-state index in [0.29, 0.717) is 11.7 Å². The Kier molecular flexibility index (Phi) is 3.74. The van der Waals surface area contributed by atoms with Crippen molar-refractivity contribution in [3.63, 3.8) is 0 Å². The van der Waals surface area contributed by atoms with Crippen molar-refractivity contribution in [2.75, 3.05) is 7.11 Å². The highest BCUT2D eigenvalue weighted by molar-refractivity contribution is 5.80. The highest BCUT2D eigenvalue weighted by Crippen LogP contribution is 2.38. The first kappa shape index (κ1) is 13.1. The summed E-state index contributed by atoms with van der Waals surface area (Å²) in [5, 5.41) is 0. The lowest BCUT2D eigenvalue weighted by Crippen LogP contribution is -2.29. The van der Waals surface area contributed by atoms with E-state index in [9.17, 15) is 4.79 Å². The van der Waals surface area contributed by atoms with Crippen molar-refractivity contribution in [3.05, 3.63) is 29.8 Å². The van der Waals surface area contributed by atoms with Crippen LogP contribution in [0.2, 0.25) is 0 Å². The van der Waals surface area contributed by atoms with E-state index in [4.69, 9.17) is 4.74 Å². The Morgan fingerprint density at radius 2 is 1.94 bits per heavy atom. The van der Waals surface area contributed by atoms with Gasteiger partial charge in [-0.1, -0.05) is 26.0 Å². The molecule has 0 aliphatic heterocycles. The van der Waals surface area contributed by atoms with Gasteiger partial charge < -0.3 is 4.74 Å². The van der Waals surface area contributed by atoms with E-state index in [0.717, 1.165) is 31.4 Å². The summed E-state index contributed by atoms with van der Waals surface area (Å²) in [4.78, 5) is 11.8. The van der Waals surface area contributed by atoms with E-state index in [1.165, 1.54) is 5.56 Å². The molecular weight excluding hydrogens is 224 g/mol. The van der Waals surface area contributed by atoms with E-state index >= 15 is 0 Å². The molecule has 2 heteroatoms. The number of carbonyl (C=O) groups excluding carboxylic acids is 1. The van der Waals surface area contributed by atoms with Gasteiger partial charge in [0.2, 0.25) is 0 Å². The van der Waals surface area contributed by atoms with Gasteiger partial charge in [-0.05, 0) is 41.9 Å². The van der Waals surface area contributed by atoms with Gasteiger partial charge >= 0.3 is 0 Å². The molecule has 0 amide bonds. The Hall–Kier alpha value is -1.31. The Balaban J connectivity index is 2.01. The second-order valence-corrected chi connectivity index (χ2v) is 6.21.